The molecule has 1 aliphatic heterocycles. The van der Waals surface area contributed by atoms with E-state index in [0.29, 0.717) is 25.9 Å². The topological polar surface area (TPSA) is 82.3 Å². The maximum atomic E-state index is 12.8. The van der Waals surface area contributed by atoms with Gasteiger partial charge in [0.05, 0.1) is 13.1 Å². The number of ether oxygens (including phenoxy) is 1. The van der Waals surface area contributed by atoms with Crippen LogP contribution in [-0.4, -0.2) is 46.2 Å². The van der Waals surface area contributed by atoms with Crippen LogP contribution in [0.4, 0.5) is 4.79 Å². The van der Waals surface area contributed by atoms with Crippen LogP contribution in [0.1, 0.15) is 39.3 Å². The van der Waals surface area contributed by atoms with Gasteiger partial charge in [-0.1, -0.05) is 6.07 Å². The SMILES string of the molecule is CC(C)(C)OC(=O)[N+]1(CCc2ccccn2)CCC[C@H]1C(N)=O. The van der Waals surface area contributed by atoms with Gasteiger partial charge in [0.25, 0.3) is 5.91 Å². The van der Waals surface area contributed by atoms with Crippen LogP contribution in [0.15, 0.2) is 24.4 Å². The monoisotopic (exact) mass is 320 g/mol. The van der Waals surface area contributed by atoms with Crippen LogP contribution in [0, 0.1) is 0 Å². The third-order valence-electron chi connectivity index (χ3n) is 4.21. The summed E-state index contributed by atoms with van der Waals surface area (Å²) >= 11 is 0. The van der Waals surface area contributed by atoms with E-state index in [1.165, 1.54) is 0 Å². The first kappa shape index (κ1) is 17.4. The lowest BCUT2D eigenvalue weighted by molar-refractivity contribution is -0.861. The first-order valence-electron chi connectivity index (χ1n) is 8.04. The van der Waals surface area contributed by atoms with Crippen molar-refractivity contribution in [2.24, 2.45) is 5.73 Å². The van der Waals surface area contributed by atoms with Crippen molar-refractivity contribution in [3.8, 4) is 0 Å². The third-order valence-corrected chi connectivity index (χ3v) is 4.21. The van der Waals surface area contributed by atoms with Crippen molar-refractivity contribution < 1.29 is 18.8 Å². The van der Waals surface area contributed by atoms with Crippen molar-refractivity contribution in [1.29, 1.82) is 0 Å². The molecule has 1 unspecified atom stereocenters. The van der Waals surface area contributed by atoms with E-state index >= 15 is 0 Å². The minimum atomic E-state index is -0.599. The summed E-state index contributed by atoms with van der Waals surface area (Å²) in [6.45, 7) is 6.54. The van der Waals surface area contributed by atoms with Gasteiger partial charge in [0.1, 0.15) is 5.60 Å². The van der Waals surface area contributed by atoms with E-state index in [1.807, 2.05) is 39.0 Å². The van der Waals surface area contributed by atoms with Gasteiger partial charge < -0.3 is 10.5 Å². The molecule has 1 aliphatic rings. The number of pyridine rings is 1. The fourth-order valence-electron chi connectivity index (χ4n) is 3.15. The molecular formula is C17H26N3O3+. The summed E-state index contributed by atoms with van der Waals surface area (Å²) in [6, 6.07) is 5.16. The number of hydrogen-bond donors (Lipinski definition) is 1. The lowest BCUT2D eigenvalue weighted by atomic mass is 10.1. The number of rotatable bonds is 4. The van der Waals surface area contributed by atoms with Crippen molar-refractivity contribution in [2.45, 2.75) is 51.7 Å². The van der Waals surface area contributed by atoms with Crippen molar-refractivity contribution in [3.05, 3.63) is 30.1 Å². The molecule has 2 N–H and O–H groups in total. The molecule has 0 saturated carbocycles. The van der Waals surface area contributed by atoms with Crippen LogP contribution in [-0.2, 0) is 16.0 Å². The molecule has 126 valence electrons. The Balaban J connectivity index is 2.24. The average molecular weight is 320 g/mol. The molecule has 0 aliphatic carbocycles. The normalized spacial score (nSPS) is 24.4. The predicted molar refractivity (Wildman–Crippen MR) is 86.4 cm³/mol. The molecule has 1 saturated heterocycles. The number of nitrogens with zero attached hydrogens (tertiary/aromatic N) is 2. The van der Waals surface area contributed by atoms with E-state index in [0.717, 1.165) is 12.1 Å². The zero-order valence-electron chi connectivity index (χ0n) is 14.1. The van der Waals surface area contributed by atoms with Crippen LogP contribution in [0.3, 0.4) is 0 Å². The highest BCUT2D eigenvalue weighted by Gasteiger charge is 2.53. The van der Waals surface area contributed by atoms with Crippen molar-refractivity contribution in [2.75, 3.05) is 13.1 Å². The Morgan fingerprint density at radius 1 is 1.39 bits per heavy atom. The molecule has 0 radical (unpaired) electrons. The van der Waals surface area contributed by atoms with Gasteiger partial charge in [-0.2, -0.15) is 4.79 Å². The molecule has 23 heavy (non-hydrogen) atoms. The fraction of sp³-hybridized carbons (Fsp3) is 0.588. The number of hydrogen-bond acceptors (Lipinski definition) is 4. The van der Waals surface area contributed by atoms with Gasteiger partial charge in [-0.05, 0) is 32.9 Å². The van der Waals surface area contributed by atoms with Gasteiger partial charge in [0.2, 0.25) is 0 Å². The maximum absolute atomic E-state index is 12.8. The number of likely N-dealkylation sites (tertiary alicyclic amines) is 1. The Morgan fingerprint density at radius 3 is 2.70 bits per heavy atom. The molecule has 0 bridgehead atoms. The van der Waals surface area contributed by atoms with Crippen molar-refractivity contribution >= 4 is 12.0 Å². The molecule has 0 aromatic carbocycles. The van der Waals surface area contributed by atoms with E-state index in [-0.39, 0.29) is 10.6 Å². The van der Waals surface area contributed by atoms with E-state index in [1.54, 1.807) is 6.20 Å². The fourth-order valence-corrected chi connectivity index (χ4v) is 3.15. The minimum absolute atomic E-state index is 0.0246. The Bertz CT molecular complexity index is 568. The maximum Gasteiger partial charge on any atom is 0.517 e. The van der Waals surface area contributed by atoms with E-state index in [4.69, 9.17) is 10.5 Å². The van der Waals surface area contributed by atoms with Crippen LogP contribution in [0.2, 0.25) is 0 Å². The first-order chi connectivity index (χ1) is 10.7. The molecular weight excluding hydrogens is 294 g/mol. The highest BCUT2D eigenvalue weighted by molar-refractivity contribution is 5.81. The number of primary amides is 1. The molecule has 2 atom stereocenters. The number of nitrogens with two attached hydrogens (primary N) is 1. The van der Waals surface area contributed by atoms with Crippen LogP contribution in [0.5, 0.6) is 0 Å². The number of carbonyl (C=O) groups excluding carboxylic acids is 2. The number of amides is 2. The lowest BCUT2D eigenvalue weighted by Crippen LogP contribution is -2.62. The van der Waals surface area contributed by atoms with Gasteiger partial charge in [-0.15, -0.1) is 0 Å². The smallest absolute Gasteiger partial charge is 0.414 e. The molecule has 0 spiro atoms. The molecule has 1 aromatic heterocycles. The Labute approximate surface area is 137 Å². The molecule has 1 fully saturated rings. The van der Waals surface area contributed by atoms with Crippen LogP contribution >= 0.6 is 0 Å². The van der Waals surface area contributed by atoms with E-state index < -0.39 is 17.6 Å². The Morgan fingerprint density at radius 2 is 2.13 bits per heavy atom. The summed E-state index contributed by atoms with van der Waals surface area (Å²) in [5.41, 5.74) is 5.86. The molecule has 2 amide bonds. The number of aromatic nitrogens is 1. The van der Waals surface area contributed by atoms with Gasteiger partial charge in [-0.25, -0.2) is 4.48 Å². The largest absolute Gasteiger partial charge is 0.517 e. The quantitative estimate of drug-likeness (QED) is 0.861. The van der Waals surface area contributed by atoms with E-state index in [2.05, 4.69) is 4.98 Å². The summed E-state index contributed by atoms with van der Waals surface area (Å²) in [5, 5.41) is 0. The highest BCUT2D eigenvalue weighted by Crippen LogP contribution is 2.30. The lowest BCUT2D eigenvalue weighted by Gasteiger charge is -2.36. The summed E-state index contributed by atoms with van der Waals surface area (Å²) in [7, 11) is 0. The second-order valence-electron chi connectivity index (χ2n) is 7.09. The van der Waals surface area contributed by atoms with Crippen molar-refractivity contribution in [3.63, 3.8) is 0 Å². The minimum Gasteiger partial charge on any atom is -0.414 e. The van der Waals surface area contributed by atoms with Gasteiger partial charge >= 0.3 is 6.09 Å². The molecule has 2 rings (SSSR count). The second kappa shape index (κ2) is 6.66. The van der Waals surface area contributed by atoms with Crippen LogP contribution in [0.25, 0.3) is 0 Å². The van der Waals surface area contributed by atoms with Gasteiger partial charge in [-0.3, -0.25) is 9.78 Å². The summed E-state index contributed by atoms with van der Waals surface area (Å²) in [4.78, 5) is 29.0. The number of quaternary nitrogens is 1. The molecule has 6 heteroatoms. The third kappa shape index (κ3) is 4.07. The Hall–Kier alpha value is -1.95. The molecule has 2 heterocycles. The molecule has 6 nitrogen and oxygen atoms in total. The van der Waals surface area contributed by atoms with Crippen molar-refractivity contribution in [1.82, 2.24) is 4.98 Å². The highest BCUT2D eigenvalue weighted by atomic mass is 16.6. The van der Waals surface area contributed by atoms with Crippen LogP contribution < -0.4 is 5.73 Å². The number of carbonyl (C=O) groups is 2. The zero-order valence-corrected chi connectivity index (χ0v) is 14.1. The standard InChI is InChI=1S/C17H25N3O3/c1-17(2,3)23-16(22)20(11-6-8-14(20)15(18)21)12-9-13-7-4-5-10-19-13/h4-5,7,10,14H,6,8-9,11-12H2,1-3H3,(H-,18,21)/p+1/t14-,20?/m0/s1. The van der Waals surface area contributed by atoms with Gasteiger partial charge in [0.15, 0.2) is 6.04 Å². The Kier molecular flexibility index (Phi) is 5.04. The zero-order chi connectivity index (χ0) is 17.1. The second-order valence-corrected chi connectivity index (χ2v) is 7.09. The summed E-state index contributed by atoms with van der Waals surface area (Å²) in [6.07, 6.45) is 3.37. The molecule has 1 aromatic rings. The summed E-state index contributed by atoms with van der Waals surface area (Å²) in [5.74, 6) is -0.436. The van der Waals surface area contributed by atoms with Gasteiger partial charge in [0, 0.05) is 31.2 Å². The predicted octanol–water partition coefficient (Wildman–Crippen LogP) is 2.02. The van der Waals surface area contributed by atoms with E-state index in [9.17, 15) is 9.59 Å². The summed E-state index contributed by atoms with van der Waals surface area (Å²) < 4.78 is 5.57. The first-order valence-corrected chi connectivity index (χ1v) is 8.04. The average Bonchev–Trinajstić information content (AvgIpc) is 2.90.